The summed E-state index contributed by atoms with van der Waals surface area (Å²) in [5.74, 6) is 6.61. The molecular weight excluding hydrogens is 374 g/mol. The van der Waals surface area contributed by atoms with E-state index >= 15 is 0 Å². The fourth-order valence-electron chi connectivity index (χ4n) is 3.72. The summed E-state index contributed by atoms with van der Waals surface area (Å²) in [7, 11) is 5.63. The molecule has 0 aromatic heterocycles. The molecule has 0 saturated heterocycles. The average molecular weight is 400 g/mol. The van der Waals surface area contributed by atoms with Crippen molar-refractivity contribution in [3.63, 3.8) is 0 Å². The highest BCUT2D eigenvalue weighted by Gasteiger charge is 2.39. The van der Waals surface area contributed by atoms with E-state index in [9.17, 15) is 5.11 Å². The smallest absolute Gasteiger partial charge is 0.125 e. The van der Waals surface area contributed by atoms with Crippen molar-refractivity contribution in [2.45, 2.75) is 18.8 Å². The number of phenols is 1. The maximum atomic E-state index is 10.8. The monoisotopic (exact) mass is 399 g/mol. The number of aryl methyl sites for hydroxylation is 1. The Bertz CT molecular complexity index is 953. The zero-order valence-electron chi connectivity index (χ0n) is 16.6. The number of benzene rings is 2. The minimum absolute atomic E-state index is 0.136. The van der Waals surface area contributed by atoms with Crippen LogP contribution < -0.4 is 20.9 Å². The molecule has 0 bridgehead atoms. The first kappa shape index (κ1) is 20.1. The third-order valence-corrected chi connectivity index (χ3v) is 5.68. The van der Waals surface area contributed by atoms with Crippen LogP contribution in [0, 0.1) is 6.92 Å². The first-order valence-corrected chi connectivity index (χ1v) is 9.40. The summed E-state index contributed by atoms with van der Waals surface area (Å²) in [5.41, 5.74) is 6.57. The molecule has 2 aromatic rings. The maximum absolute atomic E-state index is 10.8. The number of allylic oxidation sites excluding steroid dienone is 4. The number of nitrogens with one attached hydrogen (secondary N) is 1. The van der Waals surface area contributed by atoms with E-state index in [-0.39, 0.29) is 5.75 Å². The minimum Gasteiger partial charge on any atom is -0.508 e. The standard InChI is InChI=1S/C22H26ClN3O2/c1-14-10-18(20(27)12-19(14)23)22(9-5-6-15(13-22)25-24)17-8-7-16(26(2)3)11-21(17)28-4/h5-12,25,27H,13,24H2,1-4H3. The third-order valence-electron chi connectivity index (χ3n) is 5.27. The third kappa shape index (κ3) is 3.43. The first-order valence-electron chi connectivity index (χ1n) is 9.03. The predicted molar refractivity (Wildman–Crippen MR) is 115 cm³/mol. The fraction of sp³-hybridized carbons (Fsp3) is 0.273. The molecule has 0 saturated carbocycles. The van der Waals surface area contributed by atoms with Crippen molar-refractivity contribution in [2.24, 2.45) is 5.84 Å². The largest absolute Gasteiger partial charge is 0.508 e. The molecule has 0 heterocycles. The summed E-state index contributed by atoms with van der Waals surface area (Å²) in [6, 6.07) is 9.61. The number of nitrogens with zero attached hydrogens (tertiary/aromatic N) is 1. The fourth-order valence-corrected chi connectivity index (χ4v) is 3.87. The molecule has 4 N–H and O–H groups in total. The van der Waals surface area contributed by atoms with E-state index in [1.54, 1.807) is 13.2 Å². The van der Waals surface area contributed by atoms with Crippen molar-refractivity contribution in [3.05, 3.63) is 76.0 Å². The number of methoxy groups -OCH3 is 1. The molecule has 1 unspecified atom stereocenters. The minimum atomic E-state index is -0.661. The van der Waals surface area contributed by atoms with Crippen LogP contribution in [0.25, 0.3) is 0 Å². The molecule has 1 aliphatic carbocycles. The second-order valence-corrected chi connectivity index (χ2v) is 7.65. The Morgan fingerprint density at radius 2 is 1.96 bits per heavy atom. The molecule has 0 amide bonds. The normalized spacial score (nSPS) is 18.6. The van der Waals surface area contributed by atoms with Gasteiger partial charge in [0.05, 0.1) is 12.5 Å². The Kier molecular flexibility index (Phi) is 5.59. The van der Waals surface area contributed by atoms with Crippen molar-refractivity contribution >= 4 is 17.3 Å². The van der Waals surface area contributed by atoms with E-state index < -0.39 is 5.41 Å². The molecule has 148 valence electrons. The van der Waals surface area contributed by atoms with Crippen LogP contribution in [0.2, 0.25) is 5.02 Å². The summed E-state index contributed by atoms with van der Waals surface area (Å²) < 4.78 is 5.76. The number of rotatable bonds is 5. The quantitative estimate of drug-likeness (QED) is 0.523. The van der Waals surface area contributed by atoms with Gasteiger partial charge in [0.2, 0.25) is 0 Å². The van der Waals surface area contributed by atoms with Crippen LogP contribution >= 0.6 is 11.6 Å². The van der Waals surface area contributed by atoms with Crippen LogP contribution in [-0.4, -0.2) is 26.3 Å². The second kappa shape index (κ2) is 7.78. The van der Waals surface area contributed by atoms with Crippen molar-refractivity contribution in [1.29, 1.82) is 0 Å². The molecule has 1 aliphatic rings. The number of aromatic hydroxyl groups is 1. The highest BCUT2D eigenvalue weighted by atomic mass is 35.5. The van der Waals surface area contributed by atoms with Gasteiger partial charge in [-0.15, -0.1) is 0 Å². The molecular formula is C22H26ClN3O2. The number of anilines is 1. The van der Waals surface area contributed by atoms with Gasteiger partial charge in [0.1, 0.15) is 11.5 Å². The Labute approximate surface area is 171 Å². The lowest BCUT2D eigenvalue weighted by Crippen LogP contribution is -2.34. The zero-order chi connectivity index (χ0) is 20.5. The lowest BCUT2D eigenvalue weighted by molar-refractivity contribution is 0.397. The van der Waals surface area contributed by atoms with Gasteiger partial charge in [0.15, 0.2) is 0 Å². The topological polar surface area (TPSA) is 70.8 Å². The molecule has 0 fully saturated rings. The van der Waals surface area contributed by atoms with E-state index in [4.69, 9.17) is 22.2 Å². The van der Waals surface area contributed by atoms with Gasteiger partial charge in [0.25, 0.3) is 0 Å². The van der Waals surface area contributed by atoms with Crippen LogP contribution in [0.3, 0.4) is 0 Å². The number of hydrazine groups is 1. The Morgan fingerprint density at radius 3 is 2.61 bits per heavy atom. The molecule has 0 spiro atoms. The number of ether oxygens (including phenoxy) is 1. The van der Waals surface area contributed by atoms with E-state index in [0.717, 1.165) is 33.8 Å². The number of halogens is 1. The van der Waals surface area contributed by atoms with Crippen LogP contribution in [0.5, 0.6) is 11.5 Å². The Hall–Kier alpha value is -2.63. The highest BCUT2D eigenvalue weighted by molar-refractivity contribution is 6.31. The van der Waals surface area contributed by atoms with Gasteiger partial charge < -0.3 is 20.2 Å². The van der Waals surface area contributed by atoms with E-state index in [1.165, 1.54) is 0 Å². The predicted octanol–water partition coefficient (Wildman–Crippen LogP) is 4.02. The highest BCUT2D eigenvalue weighted by Crippen LogP contribution is 2.49. The van der Waals surface area contributed by atoms with Crippen molar-refractivity contribution in [1.82, 2.24) is 5.43 Å². The number of hydrogen-bond acceptors (Lipinski definition) is 5. The summed E-state index contributed by atoms with van der Waals surface area (Å²) in [4.78, 5) is 2.02. The number of phenolic OH excluding ortho intramolecular Hbond substituents is 1. The molecule has 0 aliphatic heterocycles. The summed E-state index contributed by atoms with van der Waals surface area (Å²) in [5, 5.41) is 11.3. The van der Waals surface area contributed by atoms with Crippen LogP contribution in [0.1, 0.15) is 23.1 Å². The van der Waals surface area contributed by atoms with Gasteiger partial charge in [-0.1, -0.05) is 29.8 Å². The van der Waals surface area contributed by atoms with E-state index in [0.29, 0.717) is 11.4 Å². The van der Waals surface area contributed by atoms with Gasteiger partial charge >= 0.3 is 0 Å². The lowest BCUT2D eigenvalue weighted by atomic mass is 9.68. The second-order valence-electron chi connectivity index (χ2n) is 7.24. The maximum Gasteiger partial charge on any atom is 0.125 e. The molecule has 0 radical (unpaired) electrons. The summed E-state index contributed by atoms with van der Waals surface area (Å²) in [6.45, 7) is 1.93. The van der Waals surface area contributed by atoms with E-state index in [2.05, 4.69) is 11.5 Å². The SMILES string of the molecule is COc1cc(N(C)C)ccc1C1(c2cc(C)c(Cl)cc2O)C=CC=C(NN)C1. The molecule has 5 nitrogen and oxygen atoms in total. The van der Waals surface area contributed by atoms with Crippen LogP contribution in [0.4, 0.5) is 5.69 Å². The number of hydrogen-bond donors (Lipinski definition) is 3. The molecule has 1 atom stereocenters. The first-order chi connectivity index (χ1) is 13.3. The summed E-state index contributed by atoms with van der Waals surface area (Å²) >= 11 is 6.23. The van der Waals surface area contributed by atoms with Crippen LogP contribution in [-0.2, 0) is 5.41 Å². The van der Waals surface area contributed by atoms with Gasteiger partial charge in [-0.05, 0) is 36.8 Å². The van der Waals surface area contributed by atoms with E-state index in [1.807, 2.05) is 62.3 Å². The number of nitrogens with two attached hydrogens (primary N) is 1. The summed E-state index contributed by atoms with van der Waals surface area (Å²) in [6.07, 6.45) is 6.50. The van der Waals surface area contributed by atoms with Gasteiger partial charge in [-0.3, -0.25) is 5.84 Å². The average Bonchev–Trinajstić information content (AvgIpc) is 2.70. The Balaban J connectivity index is 2.30. The molecule has 28 heavy (non-hydrogen) atoms. The van der Waals surface area contributed by atoms with Crippen molar-refractivity contribution < 1.29 is 9.84 Å². The van der Waals surface area contributed by atoms with Crippen molar-refractivity contribution in [3.8, 4) is 11.5 Å². The molecule has 6 heteroatoms. The Morgan fingerprint density at radius 1 is 1.21 bits per heavy atom. The van der Waals surface area contributed by atoms with Gasteiger partial charge in [-0.25, -0.2) is 0 Å². The van der Waals surface area contributed by atoms with Gasteiger partial charge in [-0.2, -0.15) is 0 Å². The van der Waals surface area contributed by atoms with Crippen molar-refractivity contribution in [2.75, 3.05) is 26.1 Å². The zero-order valence-corrected chi connectivity index (χ0v) is 17.3. The lowest BCUT2D eigenvalue weighted by Gasteiger charge is -2.37. The molecule has 3 rings (SSSR count). The van der Waals surface area contributed by atoms with Crippen LogP contribution in [0.15, 0.2) is 54.3 Å². The van der Waals surface area contributed by atoms with Gasteiger partial charge in [0, 0.05) is 54.1 Å². The molecule has 2 aromatic carbocycles.